The van der Waals surface area contributed by atoms with E-state index in [4.69, 9.17) is 46.4 Å². The van der Waals surface area contributed by atoms with Crippen LogP contribution < -0.4 is 0 Å². The molecule has 0 aromatic heterocycles. The van der Waals surface area contributed by atoms with Crippen molar-refractivity contribution in [3.8, 4) is 0 Å². The Morgan fingerprint density at radius 3 is 1.93 bits per heavy atom. The highest BCUT2D eigenvalue weighted by Gasteiger charge is 2.20. The van der Waals surface area contributed by atoms with Gasteiger partial charge in [0.2, 0.25) is 0 Å². The molecule has 1 N–H and O–H groups in total. The number of unbranched alkanes of at least 4 members (excludes halogenated alkanes) is 2. The van der Waals surface area contributed by atoms with Crippen LogP contribution in [-0.4, -0.2) is 29.6 Å². The number of hydrogen-bond acceptors (Lipinski definition) is 2. The van der Waals surface area contributed by atoms with E-state index in [1.165, 1.54) is 0 Å². The zero-order valence-corrected chi connectivity index (χ0v) is 20.3. The molecular weight excluding hydrogens is 460 g/mol. The molecule has 30 heavy (non-hydrogen) atoms. The molecule has 2 nitrogen and oxygen atoms in total. The van der Waals surface area contributed by atoms with Gasteiger partial charge in [-0.25, -0.2) is 0 Å². The van der Waals surface area contributed by atoms with Crippen LogP contribution in [0.2, 0.25) is 20.1 Å². The van der Waals surface area contributed by atoms with E-state index in [0.717, 1.165) is 65.9 Å². The van der Waals surface area contributed by atoms with E-state index in [1.807, 2.05) is 18.2 Å². The van der Waals surface area contributed by atoms with Gasteiger partial charge >= 0.3 is 0 Å². The molecular formula is C24H27Cl4NO. The number of aliphatic hydroxyl groups is 1. The Bertz CT molecular complexity index is 1030. The second-order valence-corrected chi connectivity index (χ2v) is 9.47. The van der Waals surface area contributed by atoms with Crippen LogP contribution in [0.25, 0.3) is 21.5 Å². The van der Waals surface area contributed by atoms with Crippen molar-refractivity contribution in [2.45, 2.75) is 45.6 Å². The molecule has 0 aliphatic rings. The number of aliphatic hydroxyl groups excluding tert-OH is 1. The van der Waals surface area contributed by atoms with Gasteiger partial charge in [0.15, 0.2) is 0 Å². The minimum Gasteiger partial charge on any atom is -0.387 e. The molecule has 3 aromatic carbocycles. The Morgan fingerprint density at radius 1 is 0.767 bits per heavy atom. The lowest BCUT2D eigenvalue weighted by Gasteiger charge is -2.26. The Hall–Kier alpha value is -0.740. The van der Waals surface area contributed by atoms with E-state index in [9.17, 15) is 5.11 Å². The Balaban J connectivity index is 2.13. The van der Waals surface area contributed by atoms with Gasteiger partial charge in [-0.15, -0.1) is 0 Å². The average molecular weight is 487 g/mol. The second kappa shape index (κ2) is 10.7. The molecule has 0 saturated carbocycles. The van der Waals surface area contributed by atoms with Gasteiger partial charge in [0.05, 0.1) is 11.1 Å². The zero-order valence-electron chi connectivity index (χ0n) is 17.3. The predicted octanol–water partition coefficient (Wildman–Crippen LogP) is 8.54. The van der Waals surface area contributed by atoms with E-state index < -0.39 is 6.10 Å². The summed E-state index contributed by atoms with van der Waals surface area (Å²) in [7, 11) is 0. The smallest absolute Gasteiger partial charge is 0.0923 e. The van der Waals surface area contributed by atoms with Crippen molar-refractivity contribution in [2.24, 2.45) is 0 Å². The Morgan fingerprint density at radius 2 is 1.33 bits per heavy atom. The Kier molecular flexibility index (Phi) is 8.55. The van der Waals surface area contributed by atoms with Crippen molar-refractivity contribution < 1.29 is 5.11 Å². The maximum absolute atomic E-state index is 11.3. The van der Waals surface area contributed by atoms with E-state index in [-0.39, 0.29) is 0 Å². The zero-order chi connectivity index (χ0) is 21.8. The lowest BCUT2D eigenvalue weighted by atomic mass is 9.94. The lowest BCUT2D eigenvalue weighted by molar-refractivity contribution is 0.112. The first-order valence-electron chi connectivity index (χ1n) is 10.5. The van der Waals surface area contributed by atoms with Crippen molar-refractivity contribution in [1.82, 2.24) is 4.90 Å². The molecule has 6 heteroatoms. The van der Waals surface area contributed by atoms with Crippen LogP contribution in [0.1, 0.15) is 51.2 Å². The number of halogens is 4. The average Bonchev–Trinajstić information content (AvgIpc) is 2.68. The predicted molar refractivity (Wildman–Crippen MR) is 133 cm³/mol. The van der Waals surface area contributed by atoms with Gasteiger partial charge in [0.1, 0.15) is 0 Å². The summed E-state index contributed by atoms with van der Waals surface area (Å²) in [5.74, 6) is 0. The molecule has 0 saturated heterocycles. The van der Waals surface area contributed by atoms with E-state index in [0.29, 0.717) is 26.6 Å². The topological polar surface area (TPSA) is 23.5 Å². The van der Waals surface area contributed by atoms with E-state index in [1.54, 1.807) is 12.1 Å². The van der Waals surface area contributed by atoms with Crippen LogP contribution in [0, 0.1) is 0 Å². The first kappa shape index (κ1) is 23.9. The van der Waals surface area contributed by atoms with Crippen molar-refractivity contribution >= 4 is 67.9 Å². The highest BCUT2D eigenvalue weighted by molar-refractivity contribution is 6.43. The van der Waals surface area contributed by atoms with Gasteiger partial charge in [0.25, 0.3) is 0 Å². The van der Waals surface area contributed by atoms with Crippen molar-refractivity contribution in [1.29, 1.82) is 0 Å². The molecule has 0 bridgehead atoms. The summed E-state index contributed by atoms with van der Waals surface area (Å²) < 4.78 is 0. The quantitative estimate of drug-likeness (QED) is 0.306. The highest BCUT2D eigenvalue weighted by atomic mass is 35.5. The number of rotatable bonds is 9. The summed E-state index contributed by atoms with van der Waals surface area (Å²) in [5.41, 5.74) is 0.782. The van der Waals surface area contributed by atoms with Crippen molar-refractivity contribution in [3.05, 3.63) is 56.0 Å². The summed E-state index contributed by atoms with van der Waals surface area (Å²) in [6.45, 7) is 6.86. The maximum Gasteiger partial charge on any atom is 0.0923 e. The first-order chi connectivity index (χ1) is 14.3. The SMILES string of the molecule is CCCCN(CCCC)CC(O)c1cc2c(Cl)cc(Cl)cc2c2c(Cl)cc(Cl)cc12. The fourth-order valence-corrected chi connectivity index (χ4v) is 5.07. The highest BCUT2D eigenvalue weighted by Crippen LogP contribution is 2.41. The van der Waals surface area contributed by atoms with E-state index >= 15 is 0 Å². The molecule has 1 unspecified atom stereocenters. The number of benzene rings is 3. The normalized spacial score (nSPS) is 12.9. The maximum atomic E-state index is 11.3. The van der Waals surface area contributed by atoms with Crippen LogP contribution in [0.4, 0.5) is 0 Å². The van der Waals surface area contributed by atoms with Crippen LogP contribution in [0.5, 0.6) is 0 Å². The standard InChI is InChI=1S/C24H27Cl4NO/c1-3-5-7-29(8-6-4-2)14-23(30)18-13-17-19(9-15(25)11-21(17)27)24-20(18)10-16(26)12-22(24)28/h9-13,23,30H,3-8,14H2,1-2H3. The number of hydrogen-bond donors (Lipinski definition) is 1. The van der Waals surface area contributed by atoms with Gasteiger partial charge in [-0.3, -0.25) is 0 Å². The minimum absolute atomic E-state index is 0.517. The summed E-state index contributed by atoms with van der Waals surface area (Å²) in [6.07, 6.45) is 3.78. The molecule has 0 amide bonds. The summed E-state index contributed by atoms with van der Waals surface area (Å²) >= 11 is 25.7. The molecule has 0 radical (unpaired) electrons. The first-order valence-corrected chi connectivity index (χ1v) is 12.0. The second-order valence-electron chi connectivity index (χ2n) is 7.78. The van der Waals surface area contributed by atoms with Gasteiger partial charge in [-0.05, 0) is 72.6 Å². The van der Waals surface area contributed by atoms with Gasteiger partial charge in [-0.2, -0.15) is 0 Å². The molecule has 0 spiro atoms. The Labute approximate surface area is 198 Å². The lowest BCUT2D eigenvalue weighted by Crippen LogP contribution is -2.30. The van der Waals surface area contributed by atoms with Crippen LogP contribution in [0.3, 0.4) is 0 Å². The molecule has 162 valence electrons. The fourth-order valence-electron chi connectivity index (χ4n) is 3.92. The third-order valence-electron chi connectivity index (χ3n) is 5.48. The third kappa shape index (κ3) is 5.35. The van der Waals surface area contributed by atoms with Crippen LogP contribution >= 0.6 is 46.4 Å². The van der Waals surface area contributed by atoms with Gasteiger partial charge in [-0.1, -0.05) is 73.1 Å². The number of fused-ring (bicyclic) bond motifs is 3. The summed E-state index contributed by atoms with van der Waals surface area (Å²) in [6, 6.07) is 9.09. The molecule has 0 aliphatic carbocycles. The summed E-state index contributed by atoms with van der Waals surface area (Å²) in [4.78, 5) is 2.34. The molecule has 0 fully saturated rings. The third-order valence-corrected chi connectivity index (χ3v) is 6.52. The summed E-state index contributed by atoms with van der Waals surface area (Å²) in [5, 5.41) is 16.7. The number of nitrogens with zero attached hydrogens (tertiary/aromatic N) is 1. The fraction of sp³-hybridized carbons (Fsp3) is 0.417. The molecule has 0 heterocycles. The van der Waals surface area contributed by atoms with Gasteiger partial charge in [0, 0.05) is 32.4 Å². The molecule has 3 rings (SSSR count). The molecule has 3 aromatic rings. The van der Waals surface area contributed by atoms with Crippen molar-refractivity contribution in [2.75, 3.05) is 19.6 Å². The largest absolute Gasteiger partial charge is 0.387 e. The van der Waals surface area contributed by atoms with Gasteiger partial charge < -0.3 is 10.0 Å². The molecule has 0 aliphatic heterocycles. The molecule has 1 atom stereocenters. The van der Waals surface area contributed by atoms with Crippen LogP contribution in [0.15, 0.2) is 30.3 Å². The van der Waals surface area contributed by atoms with E-state index in [2.05, 4.69) is 18.7 Å². The van der Waals surface area contributed by atoms with Crippen LogP contribution in [-0.2, 0) is 0 Å². The minimum atomic E-state index is -0.688. The van der Waals surface area contributed by atoms with Crippen molar-refractivity contribution in [3.63, 3.8) is 0 Å². The monoisotopic (exact) mass is 485 g/mol.